The van der Waals surface area contributed by atoms with E-state index in [2.05, 4.69) is 5.32 Å². The van der Waals surface area contributed by atoms with E-state index in [1.54, 1.807) is 21.3 Å². The summed E-state index contributed by atoms with van der Waals surface area (Å²) in [5.74, 6) is 2.01. The van der Waals surface area contributed by atoms with Gasteiger partial charge in [0.25, 0.3) is 0 Å². The normalized spacial score (nSPS) is 9.90. The van der Waals surface area contributed by atoms with Crippen LogP contribution in [0.3, 0.4) is 0 Å². The molecule has 5 nitrogen and oxygen atoms in total. The second-order valence-corrected chi connectivity index (χ2v) is 4.22. The molecule has 0 aliphatic heterocycles. The van der Waals surface area contributed by atoms with Crippen LogP contribution in [0, 0.1) is 0 Å². The smallest absolute Gasteiger partial charge is 0.203 e. The van der Waals surface area contributed by atoms with Crippen LogP contribution in [0.4, 0.5) is 0 Å². The zero-order chi connectivity index (χ0) is 14.8. The van der Waals surface area contributed by atoms with Gasteiger partial charge in [-0.3, -0.25) is 0 Å². The zero-order valence-electron chi connectivity index (χ0n) is 13.2. The Morgan fingerprint density at radius 2 is 1.71 bits per heavy atom. The molecule has 6 heteroatoms. The van der Waals surface area contributed by atoms with Gasteiger partial charge in [0.15, 0.2) is 11.5 Å². The third-order valence-corrected chi connectivity index (χ3v) is 2.95. The molecular weight excluding hydrogens is 294 g/mol. The Bertz CT molecular complexity index is 402. The standard InChI is InChI=1S/C15H25NO4.ClH/c1-5-20-10-6-9-16-11-12-7-8-13(17-2)15(19-4)14(12)18-3;/h7-8,16H,5-6,9-11H2,1-4H3;1H. The van der Waals surface area contributed by atoms with Crippen LogP contribution in [0.15, 0.2) is 12.1 Å². The van der Waals surface area contributed by atoms with Crippen molar-refractivity contribution in [3.05, 3.63) is 17.7 Å². The SMILES string of the molecule is CCOCCCNCc1ccc(OC)c(OC)c1OC.Cl. The predicted molar refractivity (Wildman–Crippen MR) is 86.2 cm³/mol. The Labute approximate surface area is 133 Å². The molecule has 0 heterocycles. The third kappa shape index (κ3) is 5.99. The Morgan fingerprint density at radius 3 is 2.29 bits per heavy atom. The molecule has 0 spiro atoms. The molecule has 1 N–H and O–H groups in total. The van der Waals surface area contributed by atoms with Crippen LogP contribution >= 0.6 is 12.4 Å². The Morgan fingerprint density at radius 1 is 1.00 bits per heavy atom. The van der Waals surface area contributed by atoms with E-state index in [4.69, 9.17) is 18.9 Å². The highest BCUT2D eigenvalue weighted by atomic mass is 35.5. The van der Waals surface area contributed by atoms with E-state index in [0.29, 0.717) is 17.2 Å². The number of halogens is 1. The van der Waals surface area contributed by atoms with Crippen molar-refractivity contribution in [2.45, 2.75) is 19.9 Å². The Balaban J connectivity index is 0.00000400. The molecule has 0 atom stereocenters. The van der Waals surface area contributed by atoms with Crippen LogP contribution in [0.5, 0.6) is 17.2 Å². The summed E-state index contributed by atoms with van der Waals surface area (Å²) in [6.07, 6.45) is 0.990. The van der Waals surface area contributed by atoms with Crippen molar-refractivity contribution in [1.82, 2.24) is 5.32 Å². The van der Waals surface area contributed by atoms with Crippen molar-refractivity contribution in [2.24, 2.45) is 0 Å². The van der Waals surface area contributed by atoms with Crippen molar-refractivity contribution in [2.75, 3.05) is 41.1 Å². The van der Waals surface area contributed by atoms with Gasteiger partial charge >= 0.3 is 0 Å². The zero-order valence-corrected chi connectivity index (χ0v) is 14.0. The topological polar surface area (TPSA) is 49.0 Å². The van der Waals surface area contributed by atoms with Crippen molar-refractivity contribution in [3.8, 4) is 17.2 Å². The second-order valence-electron chi connectivity index (χ2n) is 4.22. The highest BCUT2D eigenvalue weighted by molar-refractivity contribution is 5.85. The highest BCUT2D eigenvalue weighted by Crippen LogP contribution is 2.39. The minimum atomic E-state index is 0. The van der Waals surface area contributed by atoms with E-state index in [1.807, 2.05) is 19.1 Å². The van der Waals surface area contributed by atoms with Gasteiger partial charge in [0, 0.05) is 25.3 Å². The summed E-state index contributed by atoms with van der Waals surface area (Å²) in [5.41, 5.74) is 1.04. The Kier molecular flexibility index (Phi) is 10.8. The molecule has 1 aromatic carbocycles. The summed E-state index contributed by atoms with van der Waals surface area (Å²) >= 11 is 0. The van der Waals surface area contributed by atoms with Gasteiger partial charge in [-0.15, -0.1) is 12.4 Å². The molecule has 0 radical (unpaired) electrons. The fourth-order valence-electron chi connectivity index (χ4n) is 1.97. The largest absolute Gasteiger partial charge is 0.493 e. The first-order valence-electron chi connectivity index (χ1n) is 6.84. The van der Waals surface area contributed by atoms with Crippen LogP contribution in [0.25, 0.3) is 0 Å². The number of benzene rings is 1. The fraction of sp³-hybridized carbons (Fsp3) is 0.600. The average molecular weight is 320 g/mol. The van der Waals surface area contributed by atoms with Crippen molar-refractivity contribution < 1.29 is 18.9 Å². The van der Waals surface area contributed by atoms with Crippen LogP contribution in [0.1, 0.15) is 18.9 Å². The number of hydrogen-bond acceptors (Lipinski definition) is 5. The van der Waals surface area contributed by atoms with Crippen LogP contribution < -0.4 is 19.5 Å². The monoisotopic (exact) mass is 319 g/mol. The first-order valence-corrected chi connectivity index (χ1v) is 6.84. The molecule has 122 valence electrons. The number of hydrogen-bond donors (Lipinski definition) is 1. The molecule has 0 saturated heterocycles. The summed E-state index contributed by atoms with van der Waals surface area (Å²) < 4.78 is 21.4. The lowest BCUT2D eigenvalue weighted by atomic mass is 10.1. The van der Waals surface area contributed by atoms with Gasteiger partial charge < -0.3 is 24.3 Å². The molecule has 0 bridgehead atoms. The fourth-order valence-corrected chi connectivity index (χ4v) is 1.97. The van der Waals surface area contributed by atoms with E-state index in [0.717, 1.165) is 38.3 Å². The minimum Gasteiger partial charge on any atom is -0.493 e. The second kappa shape index (κ2) is 11.5. The number of ether oxygens (including phenoxy) is 4. The molecule has 0 fully saturated rings. The van der Waals surface area contributed by atoms with Crippen molar-refractivity contribution in [1.29, 1.82) is 0 Å². The molecule has 0 aliphatic carbocycles. The lowest BCUT2D eigenvalue weighted by Crippen LogP contribution is -2.17. The molecule has 0 amide bonds. The molecule has 1 aromatic rings. The van der Waals surface area contributed by atoms with Gasteiger partial charge in [-0.2, -0.15) is 0 Å². The summed E-state index contributed by atoms with van der Waals surface area (Å²) in [4.78, 5) is 0. The molecular formula is C15H26ClNO4. The summed E-state index contributed by atoms with van der Waals surface area (Å²) in [5, 5.41) is 3.37. The molecule has 1 rings (SSSR count). The molecule has 0 aliphatic rings. The van der Waals surface area contributed by atoms with E-state index >= 15 is 0 Å². The van der Waals surface area contributed by atoms with Gasteiger partial charge in [-0.05, 0) is 26.0 Å². The number of methoxy groups -OCH3 is 3. The highest BCUT2D eigenvalue weighted by Gasteiger charge is 2.15. The first-order chi connectivity index (χ1) is 9.78. The quantitative estimate of drug-likeness (QED) is 0.672. The maximum atomic E-state index is 5.44. The van der Waals surface area contributed by atoms with Gasteiger partial charge in [0.05, 0.1) is 21.3 Å². The summed E-state index contributed by atoms with van der Waals surface area (Å²) in [6.45, 7) is 5.17. The third-order valence-electron chi connectivity index (χ3n) is 2.95. The minimum absolute atomic E-state index is 0. The van der Waals surface area contributed by atoms with Crippen LogP contribution in [-0.4, -0.2) is 41.1 Å². The lowest BCUT2D eigenvalue weighted by molar-refractivity contribution is 0.144. The van der Waals surface area contributed by atoms with Gasteiger partial charge in [0.1, 0.15) is 0 Å². The van der Waals surface area contributed by atoms with E-state index < -0.39 is 0 Å². The van der Waals surface area contributed by atoms with Crippen molar-refractivity contribution in [3.63, 3.8) is 0 Å². The summed E-state index contributed by atoms with van der Waals surface area (Å²) in [7, 11) is 4.86. The first kappa shape index (κ1) is 19.8. The lowest BCUT2D eigenvalue weighted by Gasteiger charge is -2.16. The van der Waals surface area contributed by atoms with Crippen LogP contribution in [-0.2, 0) is 11.3 Å². The Hall–Kier alpha value is -1.17. The van der Waals surface area contributed by atoms with Crippen LogP contribution in [0.2, 0.25) is 0 Å². The van der Waals surface area contributed by atoms with Gasteiger partial charge in [-0.1, -0.05) is 6.07 Å². The number of nitrogens with one attached hydrogen (secondary N) is 1. The maximum Gasteiger partial charge on any atom is 0.203 e. The molecule has 0 saturated carbocycles. The number of rotatable bonds is 10. The van der Waals surface area contributed by atoms with Gasteiger partial charge in [-0.25, -0.2) is 0 Å². The molecule has 0 unspecified atom stereocenters. The van der Waals surface area contributed by atoms with E-state index in [-0.39, 0.29) is 12.4 Å². The summed E-state index contributed by atoms with van der Waals surface area (Å²) in [6, 6.07) is 3.87. The molecule has 0 aromatic heterocycles. The predicted octanol–water partition coefficient (Wildman–Crippen LogP) is 2.65. The maximum absolute atomic E-state index is 5.44. The van der Waals surface area contributed by atoms with Gasteiger partial charge in [0.2, 0.25) is 5.75 Å². The van der Waals surface area contributed by atoms with E-state index in [1.165, 1.54) is 0 Å². The van der Waals surface area contributed by atoms with E-state index in [9.17, 15) is 0 Å². The molecule has 21 heavy (non-hydrogen) atoms. The van der Waals surface area contributed by atoms with Crippen molar-refractivity contribution >= 4 is 12.4 Å². The average Bonchev–Trinajstić information content (AvgIpc) is 2.49.